The van der Waals surface area contributed by atoms with E-state index in [-0.39, 0.29) is 0 Å². The first-order valence-electron chi connectivity index (χ1n) is 4.94. The number of benzene rings is 1. The number of amides is 1. The molecule has 0 spiro atoms. The highest BCUT2D eigenvalue weighted by atomic mass is 16.4. The minimum atomic E-state index is -1.38. The highest BCUT2D eigenvalue weighted by Crippen LogP contribution is 2.25. The fourth-order valence-electron chi connectivity index (χ4n) is 1.65. The molecule has 1 rings (SSSR count). The van der Waals surface area contributed by atoms with Crippen molar-refractivity contribution in [2.24, 2.45) is 0 Å². The minimum Gasteiger partial charge on any atom is -0.479 e. The minimum absolute atomic E-state index is 0.413. The maximum Gasteiger partial charge on any atom is 0.333 e. The van der Waals surface area contributed by atoms with E-state index >= 15 is 0 Å². The van der Waals surface area contributed by atoms with Crippen LogP contribution >= 0.6 is 0 Å². The average molecular weight is 221 g/mol. The number of carbonyl (C=O) groups excluding carboxylic acids is 1. The summed E-state index contributed by atoms with van der Waals surface area (Å²) in [6.07, 6.45) is 0.413. The average Bonchev–Trinajstić information content (AvgIpc) is 2.21. The zero-order valence-electron chi connectivity index (χ0n) is 9.57. The van der Waals surface area contributed by atoms with Crippen molar-refractivity contribution in [2.45, 2.75) is 26.3 Å². The molecule has 0 saturated carbocycles. The Balaban J connectivity index is 3.36. The lowest BCUT2D eigenvalue weighted by atomic mass is 9.87. The van der Waals surface area contributed by atoms with Crippen LogP contribution in [0.2, 0.25) is 0 Å². The molecule has 1 atom stereocenters. The van der Waals surface area contributed by atoms with Crippen molar-refractivity contribution in [2.75, 3.05) is 0 Å². The van der Waals surface area contributed by atoms with Gasteiger partial charge in [-0.15, -0.1) is 0 Å². The Morgan fingerprint density at radius 2 is 2.06 bits per heavy atom. The molecule has 1 amide bonds. The Morgan fingerprint density at radius 3 is 2.56 bits per heavy atom. The Morgan fingerprint density at radius 1 is 1.44 bits per heavy atom. The summed E-state index contributed by atoms with van der Waals surface area (Å²) in [6, 6.07) is 5.53. The SMILES string of the molecule is Cc1ccc(C)c(C(C)(NC=O)C(=O)O)c1. The predicted octanol–water partition coefficient (Wildman–Crippen LogP) is 1.35. The van der Waals surface area contributed by atoms with Crippen LogP contribution in [0, 0.1) is 13.8 Å². The van der Waals surface area contributed by atoms with Gasteiger partial charge in [-0.3, -0.25) is 4.79 Å². The van der Waals surface area contributed by atoms with Crippen LogP contribution in [0.3, 0.4) is 0 Å². The number of hydrogen-bond donors (Lipinski definition) is 2. The van der Waals surface area contributed by atoms with Gasteiger partial charge < -0.3 is 10.4 Å². The molecule has 16 heavy (non-hydrogen) atoms. The van der Waals surface area contributed by atoms with Gasteiger partial charge >= 0.3 is 5.97 Å². The van der Waals surface area contributed by atoms with Crippen molar-refractivity contribution in [1.29, 1.82) is 0 Å². The van der Waals surface area contributed by atoms with Crippen molar-refractivity contribution >= 4 is 12.4 Å². The van der Waals surface area contributed by atoms with Crippen molar-refractivity contribution in [3.05, 3.63) is 34.9 Å². The summed E-state index contributed by atoms with van der Waals surface area (Å²) in [5.41, 5.74) is 1.02. The van der Waals surface area contributed by atoms with Gasteiger partial charge in [-0.2, -0.15) is 0 Å². The van der Waals surface area contributed by atoms with Gasteiger partial charge in [0.15, 0.2) is 5.54 Å². The quantitative estimate of drug-likeness (QED) is 0.754. The monoisotopic (exact) mass is 221 g/mol. The van der Waals surface area contributed by atoms with Crippen LogP contribution in [0.25, 0.3) is 0 Å². The molecule has 2 N–H and O–H groups in total. The molecule has 4 nitrogen and oxygen atoms in total. The van der Waals surface area contributed by atoms with Crippen molar-refractivity contribution in [1.82, 2.24) is 5.32 Å². The van der Waals surface area contributed by atoms with E-state index in [0.717, 1.165) is 11.1 Å². The molecule has 0 radical (unpaired) electrons. The smallest absolute Gasteiger partial charge is 0.333 e. The standard InChI is InChI=1S/C12H15NO3/c1-8-4-5-9(2)10(6-8)12(3,11(15)16)13-7-14/h4-7H,1-3H3,(H,13,14)(H,15,16). The Bertz CT molecular complexity index is 428. The fraction of sp³-hybridized carbons (Fsp3) is 0.333. The van der Waals surface area contributed by atoms with Crippen LogP contribution < -0.4 is 5.32 Å². The van der Waals surface area contributed by atoms with E-state index in [1.165, 1.54) is 6.92 Å². The molecule has 4 heteroatoms. The summed E-state index contributed by atoms with van der Waals surface area (Å²) in [5.74, 6) is -1.08. The number of aryl methyl sites for hydroxylation is 2. The second kappa shape index (κ2) is 4.35. The van der Waals surface area contributed by atoms with Gasteiger partial charge in [0.25, 0.3) is 0 Å². The third-order valence-electron chi connectivity index (χ3n) is 2.71. The van der Waals surface area contributed by atoms with E-state index in [4.69, 9.17) is 0 Å². The van der Waals surface area contributed by atoms with Crippen LogP contribution in [0.5, 0.6) is 0 Å². The number of aliphatic carboxylic acids is 1. The van der Waals surface area contributed by atoms with Gasteiger partial charge in [0.2, 0.25) is 6.41 Å². The van der Waals surface area contributed by atoms with Crippen molar-refractivity contribution in [3.63, 3.8) is 0 Å². The first-order chi connectivity index (χ1) is 7.41. The third-order valence-corrected chi connectivity index (χ3v) is 2.71. The Labute approximate surface area is 94.3 Å². The van der Waals surface area contributed by atoms with Crippen molar-refractivity contribution < 1.29 is 14.7 Å². The highest BCUT2D eigenvalue weighted by molar-refractivity contribution is 5.83. The number of rotatable bonds is 4. The van der Waals surface area contributed by atoms with Gasteiger partial charge in [-0.25, -0.2) is 4.79 Å². The largest absolute Gasteiger partial charge is 0.479 e. The number of nitrogens with one attached hydrogen (secondary N) is 1. The molecule has 1 aromatic carbocycles. The lowest BCUT2D eigenvalue weighted by Crippen LogP contribution is -2.46. The predicted molar refractivity (Wildman–Crippen MR) is 60.1 cm³/mol. The third kappa shape index (κ3) is 2.05. The molecule has 0 aliphatic rings. The number of carboxylic acid groups (broad SMARTS) is 1. The summed E-state index contributed by atoms with van der Waals surface area (Å²) < 4.78 is 0. The summed E-state index contributed by atoms with van der Waals surface area (Å²) in [5, 5.41) is 11.6. The van der Waals surface area contributed by atoms with Gasteiger partial charge in [-0.05, 0) is 31.9 Å². The fourth-order valence-corrected chi connectivity index (χ4v) is 1.65. The van der Waals surface area contributed by atoms with Gasteiger partial charge in [-0.1, -0.05) is 23.8 Å². The molecule has 0 saturated heterocycles. The first-order valence-corrected chi connectivity index (χ1v) is 4.94. The maximum atomic E-state index is 11.3. The number of hydrogen-bond acceptors (Lipinski definition) is 2. The molecule has 1 aromatic rings. The number of carbonyl (C=O) groups is 2. The molecular weight excluding hydrogens is 206 g/mol. The van der Waals surface area contributed by atoms with Gasteiger partial charge in [0.05, 0.1) is 0 Å². The summed E-state index contributed by atoms with van der Waals surface area (Å²) >= 11 is 0. The van der Waals surface area contributed by atoms with E-state index in [1.807, 2.05) is 26.0 Å². The molecule has 86 valence electrons. The molecule has 0 aliphatic carbocycles. The maximum absolute atomic E-state index is 11.3. The van der Waals surface area contributed by atoms with Crippen molar-refractivity contribution in [3.8, 4) is 0 Å². The van der Waals surface area contributed by atoms with E-state index in [0.29, 0.717) is 12.0 Å². The normalized spacial score (nSPS) is 13.9. The highest BCUT2D eigenvalue weighted by Gasteiger charge is 2.35. The van der Waals surface area contributed by atoms with Gasteiger partial charge in [0, 0.05) is 0 Å². The second-order valence-electron chi connectivity index (χ2n) is 4.01. The van der Waals surface area contributed by atoms with E-state index in [2.05, 4.69) is 5.32 Å². The second-order valence-corrected chi connectivity index (χ2v) is 4.01. The first kappa shape index (κ1) is 12.2. The molecule has 0 fully saturated rings. The van der Waals surface area contributed by atoms with E-state index < -0.39 is 11.5 Å². The molecule has 0 bridgehead atoms. The summed E-state index contributed by atoms with van der Waals surface area (Å²) in [6.45, 7) is 5.18. The van der Waals surface area contributed by atoms with Gasteiger partial charge in [0.1, 0.15) is 0 Å². The Hall–Kier alpha value is -1.84. The van der Waals surface area contributed by atoms with Crippen LogP contribution in [-0.4, -0.2) is 17.5 Å². The molecular formula is C12H15NO3. The van der Waals surface area contributed by atoms with Crippen LogP contribution in [-0.2, 0) is 15.1 Å². The molecule has 0 aromatic heterocycles. The molecule has 0 heterocycles. The lowest BCUT2D eigenvalue weighted by Gasteiger charge is -2.26. The Kier molecular flexibility index (Phi) is 3.32. The topological polar surface area (TPSA) is 66.4 Å². The van der Waals surface area contributed by atoms with Crippen LogP contribution in [0.15, 0.2) is 18.2 Å². The zero-order valence-corrected chi connectivity index (χ0v) is 9.57. The van der Waals surface area contributed by atoms with Crippen LogP contribution in [0.4, 0.5) is 0 Å². The molecule has 0 aliphatic heterocycles. The summed E-state index contributed by atoms with van der Waals surface area (Å²) in [7, 11) is 0. The molecule has 1 unspecified atom stereocenters. The van der Waals surface area contributed by atoms with E-state index in [1.54, 1.807) is 6.07 Å². The zero-order chi connectivity index (χ0) is 12.3. The van der Waals surface area contributed by atoms with E-state index in [9.17, 15) is 14.7 Å². The number of carboxylic acids is 1. The summed E-state index contributed by atoms with van der Waals surface area (Å²) in [4.78, 5) is 21.8. The van der Waals surface area contributed by atoms with Crippen LogP contribution in [0.1, 0.15) is 23.6 Å². The lowest BCUT2D eigenvalue weighted by molar-refractivity contribution is -0.145.